The van der Waals surface area contributed by atoms with E-state index in [-0.39, 0.29) is 21.3 Å². The maximum Gasteiger partial charge on any atom is 0.187 e. The largest absolute Gasteiger partial charge is 0.326 e. The van der Waals surface area contributed by atoms with E-state index in [0.29, 0.717) is 50.0 Å². The molecule has 14 nitrogen and oxygen atoms in total. The highest BCUT2D eigenvalue weighted by Crippen LogP contribution is 2.40. The molecule has 0 radical (unpaired) electrons. The van der Waals surface area contributed by atoms with Gasteiger partial charge in [0.25, 0.3) is 0 Å². The second-order valence-corrected chi connectivity index (χ2v) is 20.4. The monoisotopic (exact) mass is 866 g/mol. The number of sulfone groups is 2. The van der Waals surface area contributed by atoms with Crippen LogP contribution in [-0.2, 0) is 52.2 Å². The molecule has 16 heteroatoms. The molecule has 2 aliphatic carbocycles. The van der Waals surface area contributed by atoms with Crippen molar-refractivity contribution in [3.05, 3.63) is 173 Å². The van der Waals surface area contributed by atoms with Crippen LogP contribution < -0.4 is 5.73 Å². The Morgan fingerprint density at radius 1 is 0.581 bits per heavy atom. The lowest BCUT2D eigenvalue weighted by Gasteiger charge is -2.04. The molecule has 0 unspecified atom stereocenters. The first-order valence-corrected chi connectivity index (χ1v) is 24.0. The lowest BCUT2D eigenvalue weighted by molar-refractivity contribution is 0.593. The third-order valence-corrected chi connectivity index (χ3v) is 14.7. The van der Waals surface area contributed by atoms with Gasteiger partial charge in [0.2, 0.25) is 0 Å². The zero-order valence-corrected chi connectivity index (χ0v) is 35.7. The maximum absolute atomic E-state index is 12.7. The van der Waals surface area contributed by atoms with Gasteiger partial charge in [-0.1, -0.05) is 60.7 Å². The minimum absolute atomic E-state index is 0.00559. The second-order valence-electron chi connectivity index (χ2n) is 16.2. The Labute approximate surface area is 360 Å². The van der Waals surface area contributed by atoms with Crippen LogP contribution in [0.4, 0.5) is 5.69 Å². The van der Waals surface area contributed by atoms with Crippen LogP contribution in [0.3, 0.4) is 0 Å². The van der Waals surface area contributed by atoms with E-state index < -0.39 is 19.7 Å². The molecule has 2 aliphatic rings. The Morgan fingerprint density at radius 3 is 1.44 bits per heavy atom. The Balaban J connectivity index is 0.000000158. The molecule has 2 aromatic carbocycles. The van der Waals surface area contributed by atoms with Gasteiger partial charge in [-0.05, 0) is 90.3 Å². The molecule has 62 heavy (non-hydrogen) atoms. The van der Waals surface area contributed by atoms with Crippen molar-refractivity contribution in [1.29, 1.82) is 0 Å². The Kier molecular flexibility index (Phi) is 11.3. The number of fused-ring (bicyclic) bond motifs is 2. The molecule has 0 spiro atoms. The van der Waals surface area contributed by atoms with Crippen LogP contribution in [0, 0.1) is 6.57 Å². The van der Waals surface area contributed by atoms with Crippen LogP contribution in [0.1, 0.15) is 76.7 Å². The minimum atomic E-state index is -3.45. The molecule has 2 saturated carbocycles. The Hall–Kier alpha value is -6.41. The van der Waals surface area contributed by atoms with Crippen molar-refractivity contribution in [2.75, 3.05) is 11.5 Å². The van der Waals surface area contributed by atoms with E-state index in [1.54, 1.807) is 46.0 Å². The highest BCUT2D eigenvalue weighted by Gasteiger charge is 2.25. The number of aromatic nitrogens is 8. The zero-order chi connectivity index (χ0) is 42.8. The van der Waals surface area contributed by atoms with Gasteiger partial charge in [0.05, 0.1) is 54.9 Å². The topological polar surface area (TPSA) is 169 Å². The highest BCUT2D eigenvalue weighted by molar-refractivity contribution is 7.91. The fourth-order valence-electron chi connectivity index (χ4n) is 7.43. The summed E-state index contributed by atoms with van der Waals surface area (Å²) in [7, 11) is -6.86. The molecule has 2 fully saturated rings. The van der Waals surface area contributed by atoms with Crippen LogP contribution in [0.2, 0.25) is 0 Å². The summed E-state index contributed by atoms with van der Waals surface area (Å²) in [6, 6.07) is 23.1. The molecule has 316 valence electrons. The summed E-state index contributed by atoms with van der Waals surface area (Å²) in [6.07, 6.45) is 20.1. The number of imidazole rings is 2. The van der Waals surface area contributed by atoms with Gasteiger partial charge in [-0.2, -0.15) is 10.2 Å². The number of rotatable bonds is 15. The predicted molar refractivity (Wildman–Crippen MR) is 236 cm³/mol. The quantitative estimate of drug-likeness (QED) is 0.107. The number of aryl methyl sites for hydroxylation is 2. The summed E-state index contributed by atoms with van der Waals surface area (Å²) in [5, 5.41) is 8.49. The molecule has 0 amide bonds. The summed E-state index contributed by atoms with van der Waals surface area (Å²) < 4.78 is 58.3. The second kappa shape index (κ2) is 17.2. The first-order valence-electron chi connectivity index (χ1n) is 20.7. The zero-order valence-electron chi connectivity index (χ0n) is 34.0. The molecule has 2 N–H and O–H groups in total. The fraction of sp³-hybridized carbons (Fsp3) is 0.283. The normalized spacial score (nSPS) is 14.2. The maximum atomic E-state index is 12.7. The van der Waals surface area contributed by atoms with Crippen molar-refractivity contribution in [1.82, 2.24) is 38.3 Å². The van der Waals surface area contributed by atoms with Gasteiger partial charge in [-0.3, -0.25) is 9.36 Å². The summed E-state index contributed by atoms with van der Waals surface area (Å²) in [6.45, 7) is 8.30. The Bertz CT molecular complexity index is 3130. The van der Waals surface area contributed by atoms with E-state index in [4.69, 9.17) is 12.3 Å². The van der Waals surface area contributed by atoms with Gasteiger partial charge in [0.15, 0.2) is 25.4 Å². The first kappa shape index (κ1) is 41.0. The van der Waals surface area contributed by atoms with Gasteiger partial charge < -0.3 is 14.5 Å². The molecule has 8 aromatic rings. The lowest BCUT2D eigenvalue weighted by Crippen LogP contribution is -2.09. The van der Waals surface area contributed by atoms with Crippen LogP contribution in [0.15, 0.2) is 132 Å². The van der Waals surface area contributed by atoms with Crippen molar-refractivity contribution >= 4 is 36.7 Å². The first-order chi connectivity index (χ1) is 30.0. The molecule has 0 bridgehead atoms. The average molecular weight is 867 g/mol. The molecule has 6 aromatic heterocycles. The van der Waals surface area contributed by atoms with Gasteiger partial charge >= 0.3 is 0 Å². The number of hydrogen-bond donors (Lipinski definition) is 1. The molecule has 0 atom stereocenters. The minimum Gasteiger partial charge on any atom is -0.326 e. The third-order valence-electron chi connectivity index (χ3n) is 11.4. The molecular weight excluding hydrogens is 821 g/mol. The number of nitrogens with two attached hydrogens (primary N) is 1. The number of benzene rings is 2. The van der Waals surface area contributed by atoms with Crippen molar-refractivity contribution in [3.8, 4) is 0 Å². The smallest absolute Gasteiger partial charge is 0.187 e. The number of hydrogen-bond acceptors (Lipinski definition) is 9. The van der Waals surface area contributed by atoms with Gasteiger partial charge in [-0.15, -0.1) is 0 Å². The van der Waals surface area contributed by atoms with Crippen molar-refractivity contribution < 1.29 is 16.8 Å². The summed E-state index contributed by atoms with van der Waals surface area (Å²) in [5.74, 6) is 1.40. The molecular formula is C46H46N10O4S2. The molecule has 0 saturated heterocycles. The summed E-state index contributed by atoms with van der Waals surface area (Å²) in [4.78, 5) is 13.1. The van der Waals surface area contributed by atoms with Crippen LogP contribution >= 0.6 is 0 Å². The van der Waals surface area contributed by atoms with E-state index in [9.17, 15) is 16.8 Å². The van der Waals surface area contributed by atoms with Gasteiger partial charge in [-0.25, -0.2) is 31.6 Å². The van der Waals surface area contributed by atoms with E-state index in [1.807, 2.05) is 57.6 Å². The fourth-order valence-corrected chi connectivity index (χ4v) is 9.89. The van der Waals surface area contributed by atoms with Gasteiger partial charge in [0, 0.05) is 43.7 Å². The Morgan fingerprint density at radius 2 is 1.02 bits per heavy atom. The standard InChI is InChI=1S/C23H21N5O2S.C23H25N5O2S/c1-24-20-7-2-17(3-8-20)10-11-31(29,30)22-12-25-28(16-22)15-21-14-27-13-19(18-4-5-18)6-9-23(27)26-21;24-11-18-3-1-17(2-4-18)9-10-31(29,30)22-12-25-28(16-22)15-21-14-27-13-20(19-5-6-19)7-8-23(27)26-21/h2-3,6-9,12-14,16,18H,4-5,10-11,15H2;1-4,7-8,12-14,16,19H,5-6,9-11,15,24H2. The molecule has 6 heterocycles. The number of pyridine rings is 2. The molecule has 10 rings (SSSR count). The SMILES string of the molecule is NCc1ccc(CCS(=O)(=O)c2cnn(Cc3cn4cc(C5CC5)ccc4n3)c2)cc1.[C-]#[N+]c1ccc(CCS(=O)(=O)c2cnn(Cc3cn4cc(C5CC5)ccc4n3)c2)cc1. The molecule has 0 aliphatic heterocycles. The van der Waals surface area contributed by atoms with E-state index >= 15 is 0 Å². The lowest BCUT2D eigenvalue weighted by atomic mass is 10.1. The third kappa shape index (κ3) is 9.70. The van der Waals surface area contributed by atoms with Crippen LogP contribution in [-0.4, -0.2) is 66.7 Å². The van der Waals surface area contributed by atoms with Crippen molar-refractivity contribution in [3.63, 3.8) is 0 Å². The highest BCUT2D eigenvalue weighted by atomic mass is 32.2. The predicted octanol–water partition coefficient (Wildman–Crippen LogP) is 6.96. The van der Waals surface area contributed by atoms with E-state index in [1.165, 1.54) is 49.2 Å². The summed E-state index contributed by atoms with van der Waals surface area (Å²) >= 11 is 0. The van der Waals surface area contributed by atoms with Crippen LogP contribution in [0.5, 0.6) is 0 Å². The van der Waals surface area contributed by atoms with Crippen molar-refractivity contribution in [2.45, 2.75) is 79.8 Å². The van der Waals surface area contributed by atoms with Gasteiger partial charge in [0.1, 0.15) is 21.1 Å². The van der Waals surface area contributed by atoms with Crippen LogP contribution in [0.25, 0.3) is 16.1 Å². The average Bonchev–Trinajstić information content (AvgIpc) is 4.11. The number of nitrogens with zero attached hydrogens (tertiary/aromatic N) is 9. The van der Waals surface area contributed by atoms with E-state index in [0.717, 1.165) is 39.4 Å². The summed E-state index contributed by atoms with van der Waals surface area (Å²) in [5.41, 5.74) is 15.2. The van der Waals surface area contributed by atoms with E-state index in [2.05, 4.69) is 49.5 Å². The van der Waals surface area contributed by atoms with Crippen molar-refractivity contribution in [2.24, 2.45) is 5.73 Å².